The largest absolute Gasteiger partial charge is 0.352 e. The van der Waals surface area contributed by atoms with Gasteiger partial charge in [0.2, 0.25) is 5.91 Å². The number of amides is 3. The van der Waals surface area contributed by atoms with Crippen LogP contribution in [0.5, 0.6) is 0 Å². The second kappa shape index (κ2) is 8.27. The van der Waals surface area contributed by atoms with Gasteiger partial charge in [-0.25, -0.2) is 13.1 Å². The summed E-state index contributed by atoms with van der Waals surface area (Å²) in [5.74, 6) is -1.07. The lowest BCUT2D eigenvalue weighted by Crippen LogP contribution is -2.25. The van der Waals surface area contributed by atoms with Crippen LogP contribution in [-0.4, -0.2) is 32.7 Å². The van der Waals surface area contributed by atoms with Crippen LogP contribution in [0.25, 0.3) is 4.91 Å². The van der Waals surface area contributed by atoms with E-state index in [1.807, 2.05) is 4.72 Å². The lowest BCUT2D eigenvalue weighted by molar-refractivity contribution is -0.115. The van der Waals surface area contributed by atoms with Gasteiger partial charge in [0.05, 0.1) is 0 Å². The average Bonchev–Trinajstić information content (AvgIpc) is 2.94. The standard InChI is InChI=1S/C20H19N3O5S/c1-13(24)22-17-8-6-16(7-9-17)20(26)21-11-10-14-2-4-15(5-3-14)18-12-19(25)23-29(18,27)28/h2-9,12H,10-11H2,1H3,(H,21,26)(H,22,24)(H,23,25). The molecule has 2 aromatic carbocycles. The third kappa shape index (κ3) is 5.08. The Hall–Kier alpha value is -3.46. The van der Waals surface area contributed by atoms with Crippen LogP contribution in [0, 0.1) is 0 Å². The maximum absolute atomic E-state index is 12.2. The molecule has 9 heteroatoms. The Morgan fingerprint density at radius 3 is 2.21 bits per heavy atom. The molecule has 0 aliphatic carbocycles. The van der Waals surface area contributed by atoms with Gasteiger partial charge in [0.15, 0.2) is 0 Å². The van der Waals surface area contributed by atoms with Gasteiger partial charge < -0.3 is 10.6 Å². The van der Waals surface area contributed by atoms with Crippen molar-refractivity contribution in [3.8, 4) is 0 Å². The monoisotopic (exact) mass is 413 g/mol. The Balaban J connectivity index is 1.54. The van der Waals surface area contributed by atoms with E-state index in [-0.39, 0.29) is 16.7 Å². The highest BCUT2D eigenvalue weighted by Gasteiger charge is 2.28. The van der Waals surface area contributed by atoms with Crippen molar-refractivity contribution in [1.82, 2.24) is 10.0 Å². The van der Waals surface area contributed by atoms with E-state index in [1.54, 1.807) is 48.5 Å². The van der Waals surface area contributed by atoms with E-state index in [9.17, 15) is 22.8 Å². The molecule has 3 amide bonds. The zero-order valence-electron chi connectivity index (χ0n) is 15.6. The lowest BCUT2D eigenvalue weighted by atomic mass is 10.1. The number of anilines is 1. The van der Waals surface area contributed by atoms with Gasteiger partial charge in [-0.05, 0) is 41.8 Å². The van der Waals surface area contributed by atoms with Crippen molar-refractivity contribution in [3.05, 3.63) is 71.3 Å². The van der Waals surface area contributed by atoms with Gasteiger partial charge in [0.25, 0.3) is 21.8 Å². The van der Waals surface area contributed by atoms with Crippen molar-refractivity contribution in [2.24, 2.45) is 0 Å². The summed E-state index contributed by atoms with van der Waals surface area (Å²) >= 11 is 0. The number of benzene rings is 2. The minimum atomic E-state index is -3.79. The van der Waals surface area contributed by atoms with Crippen molar-refractivity contribution in [3.63, 3.8) is 0 Å². The third-order valence-electron chi connectivity index (χ3n) is 4.19. The molecule has 29 heavy (non-hydrogen) atoms. The van der Waals surface area contributed by atoms with E-state index < -0.39 is 15.9 Å². The molecule has 0 radical (unpaired) electrons. The van der Waals surface area contributed by atoms with Crippen molar-refractivity contribution in [2.45, 2.75) is 13.3 Å². The molecule has 8 nitrogen and oxygen atoms in total. The summed E-state index contributed by atoms with van der Waals surface area (Å²) in [6, 6.07) is 13.3. The summed E-state index contributed by atoms with van der Waals surface area (Å²) in [4.78, 5) is 34.4. The fourth-order valence-electron chi connectivity index (χ4n) is 2.82. The first-order chi connectivity index (χ1) is 13.7. The smallest absolute Gasteiger partial charge is 0.265 e. The molecule has 150 valence electrons. The van der Waals surface area contributed by atoms with Gasteiger partial charge in [0, 0.05) is 30.8 Å². The van der Waals surface area contributed by atoms with Crippen molar-refractivity contribution < 1.29 is 22.8 Å². The fraction of sp³-hybridized carbons (Fsp3) is 0.150. The molecular weight excluding hydrogens is 394 g/mol. The van der Waals surface area contributed by atoms with Gasteiger partial charge in [0.1, 0.15) is 4.91 Å². The van der Waals surface area contributed by atoms with Crippen LogP contribution in [0.2, 0.25) is 0 Å². The fourth-order valence-corrected chi connectivity index (χ4v) is 3.96. The first-order valence-electron chi connectivity index (χ1n) is 8.78. The maximum atomic E-state index is 12.2. The van der Waals surface area contributed by atoms with Crippen molar-refractivity contribution in [2.75, 3.05) is 11.9 Å². The molecule has 1 heterocycles. The molecule has 1 aliphatic rings. The number of hydrogen-bond acceptors (Lipinski definition) is 5. The van der Waals surface area contributed by atoms with Crippen LogP contribution in [-0.2, 0) is 26.0 Å². The average molecular weight is 413 g/mol. The Kier molecular flexibility index (Phi) is 5.79. The number of carbonyl (C=O) groups excluding carboxylic acids is 3. The van der Waals surface area contributed by atoms with Gasteiger partial charge in [-0.1, -0.05) is 24.3 Å². The predicted octanol–water partition coefficient (Wildman–Crippen LogP) is 1.42. The molecule has 0 saturated heterocycles. The van der Waals surface area contributed by atoms with E-state index in [4.69, 9.17) is 0 Å². The maximum Gasteiger partial charge on any atom is 0.265 e. The number of nitrogens with one attached hydrogen (secondary N) is 3. The number of hydrogen-bond donors (Lipinski definition) is 3. The molecule has 2 aromatic rings. The van der Waals surface area contributed by atoms with Crippen molar-refractivity contribution >= 4 is 38.3 Å². The second-order valence-electron chi connectivity index (χ2n) is 6.44. The molecular formula is C20H19N3O5S. The van der Waals surface area contributed by atoms with Gasteiger partial charge in [-0.3, -0.25) is 14.4 Å². The van der Waals surface area contributed by atoms with E-state index in [0.717, 1.165) is 11.6 Å². The number of sulfonamides is 1. The van der Waals surface area contributed by atoms with Crippen LogP contribution in [0.15, 0.2) is 54.6 Å². The first-order valence-corrected chi connectivity index (χ1v) is 10.3. The Labute approximate surface area is 168 Å². The predicted molar refractivity (Wildman–Crippen MR) is 108 cm³/mol. The third-order valence-corrected chi connectivity index (χ3v) is 5.59. The first kappa shape index (κ1) is 20.3. The summed E-state index contributed by atoms with van der Waals surface area (Å²) in [5.41, 5.74) is 2.43. The Morgan fingerprint density at radius 2 is 1.66 bits per heavy atom. The highest BCUT2D eigenvalue weighted by Crippen LogP contribution is 2.24. The van der Waals surface area contributed by atoms with E-state index in [1.165, 1.54) is 6.92 Å². The van der Waals surface area contributed by atoms with Crippen LogP contribution < -0.4 is 15.4 Å². The summed E-state index contributed by atoms with van der Waals surface area (Å²) in [6.45, 7) is 1.81. The van der Waals surface area contributed by atoms with E-state index >= 15 is 0 Å². The molecule has 1 aliphatic heterocycles. The van der Waals surface area contributed by atoms with Crippen molar-refractivity contribution in [1.29, 1.82) is 0 Å². The Bertz CT molecular complexity index is 1090. The zero-order valence-corrected chi connectivity index (χ0v) is 16.4. The summed E-state index contributed by atoms with van der Waals surface area (Å²) in [7, 11) is -3.79. The summed E-state index contributed by atoms with van der Waals surface area (Å²) < 4.78 is 25.6. The topological polar surface area (TPSA) is 121 Å². The molecule has 0 fully saturated rings. The van der Waals surface area contributed by atoms with Crippen LogP contribution in [0.1, 0.15) is 28.4 Å². The molecule has 0 atom stereocenters. The normalized spacial score (nSPS) is 14.7. The zero-order chi connectivity index (χ0) is 21.0. The van der Waals surface area contributed by atoms with Crippen LogP contribution in [0.4, 0.5) is 5.69 Å². The van der Waals surface area contributed by atoms with E-state index in [2.05, 4.69) is 10.6 Å². The molecule has 0 aromatic heterocycles. The quantitative estimate of drug-likeness (QED) is 0.661. The molecule has 0 bridgehead atoms. The van der Waals surface area contributed by atoms with E-state index in [0.29, 0.717) is 29.8 Å². The lowest BCUT2D eigenvalue weighted by Gasteiger charge is -2.08. The second-order valence-corrected chi connectivity index (χ2v) is 8.09. The SMILES string of the molecule is CC(=O)Nc1ccc(C(=O)NCCc2ccc(C3=CC(=O)NS3(=O)=O)cc2)cc1. The molecule has 0 spiro atoms. The van der Waals surface area contributed by atoms with Gasteiger partial charge in [-0.2, -0.15) is 0 Å². The highest BCUT2D eigenvalue weighted by molar-refractivity contribution is 7.99. The minimum absolute atomic E-state index is 0.0509. The number of rotatable bonds is 6. The molecule has 3 N–H and O–H groups in total. The van der Waals surface area contributed by atoms with Gasteiger partial charge >= 0.3 is 0 Å². The summed E-state index contributed by atoms with van der Waals surface area (Å²) in [5, 5.41) is 5.44. The van der Waals surface area contributed by atoms with Crippen LogP contribution >= 0.6 is 0 Å². The highest BCUT2D eigenvalue weighted by atomic mass is 32.2. The number of carbonyl (C=O) groups is 3. The summed E-state index contributed by atoms with van der Waals surface area (Å²) in [6.07, 6.45) is 1.61. The molecule has 3 rings (SSSR count). The van der Waals surface area contributed by atoms with Gasteiger partial charge in [-0.15, -0.1) is 0 Å². The Morgan fingerprint density at radius 1 is 1.00 bits per heavy atom. The minimum Gasteiger partial charge on any atom is -0.352 e. The molecule has 0 unspecified atom stereocenters. The van der Waals surface area contributed by atoms with Crippen LogP contribution in [0.3, 0.4) is 0 Å². The molecule has 0 saturated carbocycles.